The third kappa shape index (κ3) is 6.65. The highest BCUT2D eigenvalue weighted by Gasteiger charge is 2.39. The molecule has 3 aromatic rings. The van der Waals surface area contributed by atoms with Gasteiger partial charge in [-0.05, 0) is 42.7 Å². The SMILES string of the molecule is O=C(CN1CCN(c2ccccc2)CC1)N1CCC(CNCc2ccoc2)(c2cccc(C(F)(F)F)c2)CC1. The Kier molecular flexibility index (Phi) is 8.28. The lowest BCUT2D eigenvalue weighted by atomic mass is 9.72. The van der Waals surface area contributed by atoms with Crippen LogP contribution in [-0.2, 0) is 22.9 Å². The van der Waals surface area contributed by atoms with Crippen LogP contribution in [0.15, 0.2) is 77.6 Å². The van der Waals surface area contributed by atoms with Crippen LogP contribution in [0.5, 0.6) is 0 Å². The van der Waals surface area contributed by atoms with E-state index in [1.165, 1.54) is 17.8 Å². The molecule has 0 unspecified atom stereocenters. The van der Waals surface area contributed by atoms with E-state index in [0.29, 0.717) is 51.1 Å². The number of nitrogens with zero attached hydrogens (tertiary/aromatic N) is 3. The zero-order chi connectivity index (χ0) is 27.3. The Labute approximate surface area is 227 Å². The largest absolute Gasteiger partial charge is 0.472 e. The first-order valence-electron chi connectivity index (χ1n) is 13.5. The van der Waals surface area contributed by atoms with Crippen LogP contribution in [-0.4, -0.2) is 68.1 Å². The number of hydrogen-bond acceptors (Lipinski definition) is 5. The summed E-state index contributed by atoms with van der Waals surface area (Å²) in [4.78, 5) is 19.6. The summed E-state index contributed by atoms with van der Waals surface area (Å²) in [5, 5.41) is 3.42. The number of furan rings is 1. The molecule has 2 aromatic carbocycles. The Morgan fingerprint density at radius 3 is 2.33 bits per heavy atom. The maximum absolute atomic E-state index is 13.5. The number of carbonyl (C=O) groups is 1. The van der Waals surface area contributed by atoms with Crippen LogP contribution in [0.1, 0.15) is 29.5 Å². The Balaban J connectivity index is 1.20. The molecule has 0 saturated carbocycles. The summed E-state index contributed by atoms with van der Waals surface area (Å²) >= 11 is 0. The minimum atomic E-state index is -4.40. The molecule has 6 nitrogen and oxygen atoms in total. The molecule has 5 rings (SSSR count). The number of benzene rings is 2. The number of piperidine rings is 1. The quantitative estimate of drug-likeness (QED) is 0.446. The van der Waals surface area contributed by atoms with Gasteiger partial charge in [-0.1, -0.05) is 36.4 Å². The number of carbonyl (C=O) groups excluding carboxylic acids is 1. The molecule has 9 heteroatoms. The van der Waals surface area contributed by atoms with Gasteiger partial charge in [-0.2, -0.15) is 13.2 Å². The summed E-state index contributed by atoms with van der Waals surface area (Å²) in [5.74, 6) is 0.0900. The number of halogens is 3. The highest BCUT2D eigenvalue weighted by molar-refractivity contribution is 5.78. The molecule has 2 saturated heterocycles. The first-order chi connectivity index (χ1) is 18.8. The second-order valence-corrected chi connectivity index (χ2v) is 10.6. The van der Waals surface area contributed by atoms with Crippen LogP contribution in [0.4, 0.5) is 18.9 Å². The zero-order valence-corrected chi connectivity index (χ0v) is 22.0. The summed E-state index contributed by atoms with van der Waals surface area (Å²) < 4.78 is 45.7. The topological polar surface area (TPSA) is 52.0 Å². The fraction of sp³-hybridized carbons (Fsp3) is 0.433. The Morgan fingerprint density at radius 1 is 0.923 bits per heavy atom. The van der Waals surface area contributed by atoms with Gasteiger partial charge in [-0.3, -0.25) is 9.69 Å². The molecule has 3 heterocycles. The molecule has 0 atom stereocenters. The van der Waals surface area contributed by atoms with Crippen molar-refractivity contribution in [3.8, 4) is 0 Å². The summed E-state index contributed by atoms with van der Waals surface area (Å²) in [6, 6.07) is 17.8. The van der Waals surface area contributed by atoms with E-state index in [-0.39, 0.29) is 5.91 Å². The van der Waals surface area contributed by atoms with Gasteiger partial charge in [-0.15, -0.1) is 0 Å². The third-order valence-corrected chi connectivity index (χ3v) is 8.10. The molecule has 0 aliphatic carbocycles. The van der Waals surface area contributed by atoms with Gasteiger partial charge in [0.05, 0.1) is 24.6 Å². The van der Waals surface area contributed by atoms with E-state index < -0.39 is 17.2 Å². The van der Waals surface area contributed by atoms with E-state index in [9.17, 15) is 18.0 Å². The van der Waals surface area contributed by atoms with Gasteiger partial charge in [0.15, 0.2) is 0 Å². The first-order valence-corrected chi connectivity index (χ1v) is 13.5. The fourth-order valence-electron chi connectivity index (χ4n) is 5.71. The molecule has 1 aromatic heterocycles. The third-order valence-electron chi connectivity index (χ3n) is 8.10. The van der Waals surface area contributed by atoms with E-state index in [1.807, 2.05) is 29.2 Å². The van der Waals surface area contributed by atoms with E-state index in [2.05, 4.69) is 27.2 Å². The van der Waals surface area contributed by atoms with E-state index in [0.717, 1.165) is 37.8 Å². The van der Waals surface area contributed by atoms with Gasteiger partial charge in [-0.25, -0.2) is 0 Å². The normalized spacial score (nSPS) is 18.3. The average Bonchev–Trinajstić information content (AvgIpc) is 3.47. The number of amides is 1. The number of rotatable bonds is 8. The van der Waals surface area contributed by atoms with Crippen LogP contribution < -0.4 is 10.2 Å². The summed E-state index contributed by atoms with van der Waals surface area (Å²) in [6.45, 7) is 5.88. The van der Waals surface area contributed by atoms with Crippen molar-refractivity contribution in [1.29, 1.82) is 0 Å². The number of nitrogens with one attached hydrogen (secondary N) is 1. The van der Waals surface area contributed by atoms with Crippen molar-refractivity contribution >= 4 is 11.6 Å². The summed E-state index contributed by atoms with van der Waals surface area (Å²) in [5.41, 5.74) is 1.72. The van der Waals surface area contributed by atoms with Crippen molar-refractivity contribution in [1.82, 2.24) is 15.1 Å². The molecule has 1 N–H and O–H groups in total. The van der Waals surface area contributed by atoms with Crippen LogP contribution >= 0.6 is 0 Å². The number of hydrogen-bond donors (Lipinski definition) is 1. The van der Waals surface area contributed by atoms with Gasteiger partial charge < -0.3 is 19.5 Å². The van der Waals surface area contributed by atoms with Gasteiger partial charge >= 0.3 is 6.18 Å². The number of anilines is 1. The molecule has 39 heavy (non-hydrogen) atoms. The summed E-state index contributed by atoms with van der Waals surface area (Å²) in [7, 11) is 0. The Hall–Kier alpha value is -3.30. The minimum Gasteiger partial charge on any atom is -0.472 e. The van der Waals surface area contributed by atoms with Crippen molar-refractivity contribution in [3.63, 3.8) is 0 Å². The zero-order valence-electron chi connectivity index (χ0n) is 22.0. The first kappa shape index (κ1) is 27.3. The smallest absolute Gasteiger partial charge is 0.416 e. The number of para-hydroxylation sites is 1. The second kappa shape index (κ2) is 11.8. The van der Waals surface area contributed by atoms with Crippen LogP contribution in [0.25, 0.3) is 0 Å². The van der Waals surface area contributed by atoms with Crippen LogP contribution in [0.3, 0.4) is 0 Å². The lowest BCUT2D eigenvalue weighted by Crippen LogP contribution is -2.53. The second-order valence-electron chi connectivity index (χ2n) is 10.6. The summed E-state index contributed by atoms with van der Waals surface area (Å²) in [6.07, 6.45) is 0.0547. The fourth-order valence-corrected chi connectivity index (χ4v) is 5.71. The molecular formula is C30H35F3N4O2. The lowest BCUT2D eigenvalue weighted by molar-refractivity contribution is -0.137. The molecule has 2 fully saturated rings. The predicted octanol–water partition coefficient (Wildman–Crippen LogP) is 4.77. The van der Waals surface area contributed by atoms with Gasteiger partial charge in [0.1, 0.15) is 0 Å². The van der Waals surface area contributed by atoms with Crippen molar-refractivity contribution in [3.05, 3.63) is 89.9 Å². The van der Waals surface area contributed by atoms with Crippen molar-refractivity contribution in [2.45, 2.75) is 31.0 Å². The Bertz CT molecular complexity index is 1200. The molecule has 0 spiro atoms. The maximum atomic E-state index is 13.5. The van der Waals surface area contributed by atoms with Crippen molar-refractivity contribution < 1.29 is 22.4 Å². The molecule has 2 aliphatic rings. The van der Waals surface area contributed by atoms with Crippen LogP contribution in [0, 0.1) is 0 Å². The van der Waals surface area contributed by atoms with Crippen LogP contribution in [0.2, 0.25) is 0 Å². The molecule has 1 amide bonds. The minimum absolute atomic E-state index is 0.0900. The van der Waals surface area contributed by atoms with Gasteiger partial charge in [0.2, 0.25) is 5.91 Å². The maximum Gasteiger partial charge on any atom is 0.416 e. The highest BCUT2D eigenvalue weighted by atomic mass is 19.4. The average molecular weight is 541 g/mol. The highest BCUT2D eigenvalue weighted by Crippen LogP contribution is 2.38. The number of alkyl halides is 3. The molecular weight excluding hydrogens is 505 g/mol. The van der Waals surface area contributed by atoms with Gasteiger partial charge in [0.25, 0.3) is 0 Å². The monoisotopic (exact) mass is 540 g/mol. The molecule has 0 bridgehead atoms. The van der Waals surface area contributed by atoms with Crippen molar-refractivity contribution in [2.24, 2.45) is 0 Å². The standard InChI is InChI=1S/C30H35F3N4O2/c31-30(32,33)26-6-4-5-25(19-26)29(23-34-20-24-9-18-39-22-24)10-12-37(13-11-29)28(38)21-35-14-16-36(17-15-35)27-7-2-1-3-8-27/h1-9,18-19,22,34H,10-17,20-21,23H2. The number of piperazine rings is 1. The molecule has 0 radical (unpaired) electrons. The lowest BCUT2D eigenvalue weighted by Gasteiger charge is -2.43. The molecule has 208 valence electrons. The van der Waals surface area contributed by atoms with E-state index >= 15 is 0 Å². The van der Waals surface area contributed by atoms with Gasteiger partial charge in [0, 0.05) is 69.0 Å². The predicted molar refractivity (Wildman–Crippen MR) is 144 cm³/mol. The van der Waals surface area contributed by atoms with E-state index in [1.54, 1.807) is 18.6 Å². The Morgan fingerprint density at radius 2 is 1.67 bits per heavy atom. The number of likely N-dealkylation sites (tertiary alicyclic amines) is 1. The molecule has 2 aliphatic heterocycles. The van der Waals surface area contributed by atoms with E-state index in [4.69, 9.17) is 4.42 Å². The van der Waals surface area contributed by atoms with Crippen molar-refractivity contribution in [2.75, 3.05) is 57.3 Å².